The largest absolute Gasteiger partial charge is 0.264 e. The lowest BCUT2D eigenvalue weighted by Crippen LogP contribution is -1.95. The molecule has 0 fully saturated rings. The molecule has 0 saturated carbocycles. The number of nitriles is 1. The van der Waals surface area contributed by atoms with Gasteiger partial charge in [0.2, 0.25) is 0 Å². The van der Waals surface area contributed by atoms with Gasteiger partial charge < -0.3 is 0 Å². The van der Waals surface area contributed by atoms with E-state index in [0.717, 1.165) is 0 Å². The fourth-order valence-corrected chi connectivity index (χ4v) is 0.156. The summed E-state index contributed by atoms with van der Waals surface area (Å²) in [4.78, 5) is 1.21. The average Bonchev–Trinajstić information content (AvgIpc) is 1.72. The predicted octanol–water partition coefficient (Wildman–Crippen LogP) is 1.06. The number of hydrogen-bond acceptors (Lipinski definition) is 2. The van der Waals surface area contributed by atoms with Crippen LogP contribution in [0.25, 0.3) is 0 Å². The molecule has 0 rings (SSSR count). The summed E-state index contributed by atoms with van der Waals surface area (Å²) in [5.74, 6) is 0. The van der Waals surface area contributed by atoms with Gasteiger partial charge in [-0.25, -0.2) is 0 Å². The van der Waals surface area contributed by atoms with E-state index in [9.17, 15) is 0 Å². The lowest BCUT2D eigenvalue weighted by Gasteiger charge is -1.95. The van der Waals surface area contributed by atoms with Crippen molar-refractivity contribution >= 4 is 0 Å². The Morgan fingerprint density at radius 3 is 1.86 bits per heavy atom. The van der Waals surface area contributed by atoms with Crippen LogP contribution in [0.4, 0.5) is 0 Å². The molecule has 0 aromatic carbocycles. The molecule has 2 heteroatoms. The van der Waals surface area contributed by atoms with E-state index in [1.54, 1.807) is 6.19 Å². The van der Waals surface area contributed by atoms with Crippen molar-refractivity contribution in [1.29, 1.82) is 5.26 Å². The Bertz CT molecular complexity index is 102. The second-order valence-electron chi connectivity index (χ2n) is 0.872. The van der Waals surface area contributed by atoms with Crippen LogP contribution in [-0.4, -0.2) is 4.90 Å². The Kier molecular flexibility index (Phi) is 2.46. The molecule has 0 aromatic rings. The van der Waals surface area contributed by atoms with Crippen LogP contribution < -0.4 is 0 Å². The second-order valence-corrected chi connectivity index (χ2v) is 0.872. The molecule has 2 nitrogen and oxygen atoms in total. The predicted molar refractivity (Wildman–Crippen MR) is 27.8 cm³/mol. The van der Waals surface area contributed by atoms with Crippen LogP contribution in [0.5, 0.6) is 0 Å². The van der Waals surface area contributed by atoms with Crippen LogP contribution in [0.1, 0.15) is 0 Å². The third-order valence-electron chi connectivity index (χ3n) is 0.509. The Morgan fingerprint density at radius 2 is 1.86 bits per heavy atom. The first kappa shape index (κ1) is 5.77. The standard InChI is InChI=1S/C5H6N2/c1-3-7(4-2)5-6/h3-4H,1-2H2. The van der Waals surface area contributed by atoms with E-state index in [0.29, 0.717) is 0 Å². The number of hydrogen-bond donors (Lipinski definition) is 0. The van der Waals surface area contributed by atoms with Crippen LogP contribution in [0.15, 0.2) is 25.6 Å². The zero-order valence-corrected chi connectivity index (χ0v) is 3.96. The van der Waals surface area contributed by atoms with E-state index in [1.807, 2.05) is 0 Å². The Balaban J connectivity index is 3.65. The molecule has 0 aliphatic heterocycles. The zero-order valence-electron chi connectivity index (χ0n) is 3.96. The molecule has 0 N–H and O–H groups in total. The van der Waals surface area contributed by atoms with Crippen LogP contribution in [0.3, 0.4) is 0 Å². The molecule has 0 atom stereocenters. The van der Waals surface area contributed by atoms with E-state index in [2.05, 4.69) is 13.2 Å². The summed E-state index contributed by atoms with van der Waals surface area (Å²) >= 11 is 0. The fraction of sp³-hybridized carbons (Fsp3) is 0. The van der Waals surface area contributed by atoms with E-state index >= 15 is 0 Å². The lowest BCUT2D eigenvalue weighted by atomic mass is 10.8. The highest BCUT2D eigenvalue weighted by atomic mass is 15.1. The normalized spacial score (nSPS) is 6.14. The molecular formula is C5H6N2. The molecule has 0 aliphatic carbocycles. The third kappa shape index (κ3) is 1.61. The highest BCUT2D eigenvalue weighted by Gasteiger charge is 1.78. The Morgan fingerprint density at radius 1 is 1.43 bits per heavy atom. The first-order valence-corrected chi connectivity index (χ1v) is 1.78. The molecule has 0 saturated heterocycles. The lowest BCUT2D eigenvalue weighted by molar-refractivity contribution is 0.722. The molecule has 7 heavy (non-hydrogen) atoms. The van der Waals surface area contributed by atoms with Crippen molar-refractivity contribution < 1.29 is 0 Å². The van der Waals surface area contributed by atoms with Gasteiger partial charge in [-0.15, -0.1) is 0 Å². The summed E-state index contributed by atoms with van der Waals surface area (Å²) in [7, 11) is 0. The molecule has 0 unspecified atom stereocenters. The summed E-state index contributed by atoms with van der Waals surface area (Å²) in [6.07, 6.45) is 4.56. The van der Waals surface area contributed by atoms with Gasteiger partial charge in [0.25, 0.3) is 0 Å². The minimum Gasteiger partial charge on any atom is -0.264 e. The van der Waals surface area contributed by atoms with Gasteiger partial charge in [0.05, 0.1) is 0 Å². The summed E-state index contributed by atoms with van der Waals surface area (Å²) in [6.45, 7) is 6.67. The minimum atomic E-state index is 1.21. The van der Waals surface area contributed by atoms with Gasteiger partial charge >= 0.3 is 0 Å². The first-order chi connectivity index (χ1) is 3.35. The van der Waals surface area contributed by atoms with Crippen molar-refractivity contribution in [3.63, 3.8) is 0 Å². The monoisotopic (exact) mass is 94.1 g/mol. The fourth-order valence-electron chi connectivity index (χ4n) is 0.156. The van der Waals surface area contributed by atoms with Crippen molar-refractivity contribution in [2.45, 2.75) is 0 Å². The van der Waals surface area contributed by atoms with E-state index in [4.69, 9.17) is 5.26 Å². The molecule has 36 valence electrons. The van der Waals surface area contributed by atoms with Gasteiger partial charge in [0.15, 0.2) is 6.19 Å². The highest BCUT2D eigenvalue weighted by Crippen LogP contribution is 1.80. The van der Waals surface area contributed by atoms with Crippen molar-refractivity contribution in [3.8, 4) is 6.19 Å². The maximum absolute atomic E-state index is 8.06. The molecule has 0 spiro atoms. The minimum absolute atomic E-state index is 1.21. The molecule has 0 radical (unpaired) electrons. The molecule has 0 amide bonds. The van der Waals surface area contributed by atoms with Gasteiger partial charge in [-0.1, -0.05) is 13.2 Å². The summed E-state index contributed by atoms with van der Waals surface area (Å²) in [5.41, 5.74) is 0. The molecule has 0 bridgehead atoms. The van der Waals surface area contributed by atoms with Crippen molar-refractivity contribution in [2.75, 3.05) is 0 Å². The van der Waals surface area contributed by atoms with Crippen molar-refractivity contribution in [1.82, 2.24) is 4.90 Å². The summed E-state index contributed by atoms with van der Waals surface area (Å²) in [6, 6.07) is 0. The van der Waals surface area contributed by atoms with Gasteiger partial charge in [-0.05, 0) is 0 Å². The second kappa shape index (κ2) is 2.98. The quantitative estimate of drug-likeness (QED) is 0.378. The van der Waals surface area contributed by atoms with Crippen molar-refractivity contribution in [2.24, 2.45) is 0 Å². The van der Waals surface area contributed by atoms with Crippen LogP contribution in [-0.2, 0) is 0 Å². The molecular weight excluding hydrogens is 88.1 g/mol. The molecule has 0 heterocycles. The highest BCUT2D eigenvalue weighted by molar-refractivity contribution is 4.90. The average molecular weight is 94.1 g/mol. The topological polar surface area (TPSA) is 27.0 Å². The Labute approximate surface area is 43.0 Å². The number of nitrogens with zero attached hydrogens (tertiary/aromatic N) is 2. The van der Waals surface area contributed by atoms with Crippen molar-refractivity contribution in [3.05, 3.63) is 25.6 Å². The SMILES string of the molecule is C=CN(C#N)C=C. The van der Waals surface area contributed by atoms with E-state index in [1.165, 1.54) is 17.3 Å². The summed E-state index contributed by atoms with van der Waals surface area (Å²) < 4.78 is 0. The zero-order chi connectivity index (χ0) is 5.70. The smallest absolute Gasteiger partial charge is 0.188 e. The van der Waals surface area contributed by atoms with Crippen LogP contribution >= 0.6 is 0 Å². The van der Waals surface area contributed by atoms with Gasteiger partial charge in [0, 0.05) is 12.4 Å². The Hall–Kier alpha value is -1.23. The van der Waals surface area contributed by atoms with E-state index < -0.39 is 0 Å². The van der Waals surface area contributed by atoms with Gasteiger partial charge in [-0.3, -0.25) is 4.90 Å². The molecule has 0 aliphatic rings. The third-order valence-corrected chi connectivity index (χ3v) is 0.509. The van der Waals surface area contributed by atoms with Gasteiger partial charge in [0.1, 0.15) is 0 Å². The first-order valence-electron chi connectivity index (χ1n) is 1.78. The van der Waals surface area contributed by atoms with Crippen LogP contribution in [0.2, 0.25) is 0 Å². The number of rotatable bonds is 2. The summed E-state index contributed by atoms with van der Waals surface area (Å²) in [5, 5.41) is 8.06. The van der Waals surface area contributed by atoms with Crippen LogP contribution in [0, 0.1) is 11.5 Å². The maximum atomic E-state index is 8.06. The maximum Gasteiger partial charge on any atom is 0.188 e. The van der Waals surface area contributed by atoms with E-state index in [-0.39, 0.29) is 0 Å². The van der Waals surface area contributed by atoms with Gasteiger partial charge in [-0.2, -0.15) is 5.26 Å². The molecule has 0 aromatic heterocycles.